The van der Waals surface area contributed by atoms with Crippen molar-refractivity contribution in [1.82, 2.24) is 40.0 Å². The highest BCUT2D eigenvalue weighted by molar-refractivity contribution is 5.43. The van der Waals surface area contributed by atoms with Crippen LogP contribution in [0.25, 0.3) is 11.5 Å². The quantitative estimate of drug-likeness (QED) is 0.591. The molecule has 0 aliphatic carbocycles. The van der Waals surface area contributed by atoms with Crippen molar-refractivity contribution in [3.63, 3.8) is 0 Å². The average molecular weight is 293 g/mol. The standard InChI is InChI=1S/C13H11N9/c1-3-10(13(14-6-1)21-8-2-7-16-21)9-15-11-4-5-12-17-19-20-22(12)18-11/h1-8H,9H2,(H,15,18). The van der Waals surface area contributed by atoms with Crippen molar-refractivity contribution in [3.8, 4) is 5.82 Å². The van der Waals surface area contributed by atoms with Gasteiger partial charge in [-0.25, -0.2) is 9.67 Å². The monoisotopic (exact) mass is 293 g/mol. The molecule has 9 nitrogen and oxygen atoms in total. The lowest BCUT2D eigenvalue weighted by molar-refractivity contribution is 0.733. The van der Waals surface area contributed by atoms with Gasteiger partial charge in [0, 0.05) is 30.7 Å². The molecule has 0 bridgehead atoms. The molecular formula is C13H11N9. The van der Waals surface area contributed by atoms with Crippen LogP contribution in [0, 0.1) is 0 Å². The van der Waals surface area contributed by atoms with Crippen molar-refractivity contribution in [2.75, 3.05) is 5.32 Å². The summed E-state index contributed by atoms with van der Waals surface area (Å²) in [4.78, 5) is 4.38. The molecule has 0 aliphatic heterocycles. The molecule has 0 aromatic carbocycles. The number of fused-ring (bicyclic) bond motifs is 1. The van der Waals surface area contributed by atoms with Crippen molar-refractivity contribution >= 4 is 11.5 Å². The van der Waals surface area contributed by atoms with E-state index in [4.69, 9.17) is 0 Å². The van der Waals surface area contributed by atoms with E-state index < -0.39 is 0 Å². The first-order chi connectivity index (χ1) is 10.9. The van der Waals surface area contributed by atoms with E-state index in [0.29, 0.717) is 18.0 Å². The van der Waals surface area contributed by atoms with Crippen molar-refractivity contribution in [2.24, 2.45) is 0 Å². The maximum Gasteiger partial charge on any atom is 0.200 e. The average Bonchev–Trinajstić information content (AvgIpc) is 3.24. The van der Waals surface area contributed by atoms with Gasteiger partial charge in [-0.2, -0.15) is 5.10 Å². The van der Waals surface area contributed by atoms with Crippen LogP contribution in [-0.2, 0) is 6.54 Å². The van der Waals surface area contributed by atoms with Crippen LogP contribution < -0.4 is 5.32 Å². The van der Waals surface area contributed by atoms with Gasteiger partial charge in [-0.3, -0.25) is 0 Å². The van der Waals surface area contributed by atoms with Gasteiger partial charge in [0.15, 0.2) is 11.5 Å². The first-order valence-electron chi connectivity index (χ1n) is 6.63. The van der Waals surface area contributed by atoms with Crippen molar-refractivity contribution in [1.29, 1.82) is 0 Å². The summed E-state index contributed by atoms with van der Waals surface area (Å²) >= 11 is 0. The lowest BCUT2D eigenvalue weighted by atomic mass is 10.2. The van der Waals surface area contributed by atoms with E-state index in [1.807, 2.05) is 30.5 Å². The number of hydrogen-bond acceptors (Lipinski definition) is 7. The summed E-state index contributed by atoms with van der Waals surface area (Å²) in [5.74, 6) is 1.46. The molecule has 4 aromatic rings. The summed E-state index contributed by atoms with van der Waals surface area (Å²) in [6.07, 6.45) is 5.32. The fourth-order valence-corrected chi connectivity index (χ4v) is 2.10. The van der Waals surface area contributed by atoms with Crippen LogP contribution in [0.4, 0.5) is 5.82 Å². The van der Waals surface area contributed by atoms with Gasteiger partial charge < -0.3 is 5.32 Å². The molecule has 0 unspecified atom stereocenters. The molecule has 0 fully saturated rings. The molecule has 0 amide bonds. The number of anilines is 1. The molecule has 0 atom stereocenters. The van der Waals surface area contributed by atoms with E-state index in [0.717, 1.165) is 11.4 Å². The van der Waals surface area contributed by atoms with E-state index >= 15 is 0 Å². The van der Waals surface area contributed by atoms with E-state index in [-0.39, 0.29) is 0 Å². The Labute approximate surface area is 124 Å². The van der Waals surface area contributed by atoms with E-state index in [2.05, 4.69) is 36.0 Å². The number of tetrazole rings is 1. The van der Waals surface area contributed by atoms with Gasteiger partial charge in [0.05, 0.1) is 0 Å². The Hall–Kier alpha value is -3.36. The van der Waals surface area contributed by atoms with Crippen LogP contribution in [-0.4, -0.2) is 40.0 Å². The zero-order chi connectivity index (χ0) is 14.8. The molecular weight excluding hydrogens is 282 g/mol. The Kier molecular flexibility index (Phi) is 2.93. The van der Waals surface area contributed by atoms with Gasteiger partial charge in [0.25, 0.3) is 0 Å². The summed E-state index contributed by atoms with van der Waals surface area (Å²) in [6, 6.07) is 9.37. The fourth-order valence-electron chi connectivity index (χ4n) is 2.10. The molecule has 0 aliphatic rings. The highest BCUT2D eigenvalue weighted by atomic mass is 15.6. The summed E-state index contributed by atoms with van der Waals surface area (Å²) in [6.45, 7) is 0.559. The summed E-state index contributed by atoms with van der Waals surface area (Å²) < 4.78 is 3.11. The Bertz CT molecular complexity index is 897. The molecule has 0 spiro atoms. The molecule has 0 saturated heterocycles. The van der Waals surface area contributed by atoms with Gasteiger partial charge in [-0.15, -0.1) is 14.8 Å². The maximum absolute atomic E-state index is 4.38. The van der Waals surface area contributed by atoms with Crippen LogP contribution in [0.15, 0.2) is 48.9 Å². The third kappa shape index (κ3) is 2.24. The van der Waals surface area contributed by atoms with Gasteiger partial charge >= 0.3 is 0 Å². The third-order valence-electron chi connectivity index (χ3n) is 3.12. The smallest absolute Gasteiger partial charge is 0.200 e. The number of nitrogens with zero attached hydrogens (tertiary/aromatic N) is 8. The Balaban J connectivity index is 1.59. The highest BCUT2D eigenvalue weighted by Gasteiger charge is 2.07. The van der Waals surface area contributed by atoms with Crippen molar-refractivity contribution < 1.29 is 0 Å². The van der Waals surface area contributed by atoms with Gasteiger partial charge in [0.1, 0.15) is 5.82 Å². The molecule has 0 saturated carbocycles. The predicted molar refractivity (Wildman–Crippen MR) is 77.3 cm³/mol. The minimum Gasteiger partial charge on any atom is -0.364 e. The van der Waals surface area contributed by atoms with Crippen LogP contribution in [0.2, 0.25) is 0 Å². The topological polar surface area (TPSA) is 98.7 Å². The second kappa shape index (κ2) is 5.20. The minimum atomic E-state index is 0.559. The van der Waals surface area contributed by atoms with Gasteiger partial charge in [0.2, 0.25) is 0 Å². The molecule has 4 heterocycles. The summed E-state index contributed by atoms with van der Waals surface area (Å²) in [7, 11) is 0. The number of hydrogen-bond donors (Lipinski definition) is 1. The fraction of sp³-hybridized carbons (Fsp3) is 0.0769. The Morgan fingerprint density at radius 1 is 1.09 bits per heavy atom. The summed E-state index contributed by atoms with van der Waals surface area (Å²) in [5.41, 5.74) is 1.61. The normalized spacial score (nSPS) is 10.9. The molecule has 4 aromatic heterocycles. The Morgan fingerprint density at radius 2 is 2.09 bits per heavy atom. The molecule has 108 valence electrons. The lowest BCUT2D eigenvalue weighted by Gasteiger charge is -2.09. The largest absolute Gasteiger partial charge is 0.364 e. The van der Waals surface area contributed by atoms with E-state index in [1.165, 1.54) is 4.63 Å². The zero-order valence-electron chi connectivity index (χ0n) is 11.4. The predicted octanol–water partition coefficient (Wildman–Crippen LogP) is 0.712. The maximum atomic E-state index is 4.38. The first-order valence-corrected chi connectivity index (χ1v) is 6.63. The van der Waals surface area contributed by atoms with Crippen LogP contribution >= 0.6 is 0 Å². The van der Waals surface area contributed by atoms with E-state index in [9.17, 15) is 0 Å². The minimum absolute atomic E-state index is 0.559. The third-order valence-corrected chi connectivity index (χ3v) is 3.12. The van der Waals surface area contributed by atoms with Crippen LogP contribution in [0.3, 0.4) is 0 Å². The molecule has 4 rings (SSSR count). The lowest BCUT2D eigenvalue weighted by Crippen LogP contribution is -2.09. The zero-order valence-corrected chi connectivity index (χ0v) is 11.4. The van der Waals surface area contributed by atoms with E-state index in [1.54, 1.807) is 23.1 Å². The molecule has 1 N–H and O–H groups in total. The molecule has 22 heavy (non-hydrogen) atoms. The van der Waals surface area contributed by atoms with Crippen molar-refractivity contribution in [3.05, 3.63) is 54.5 Å². The van der Waals surface area contributed by atoms with Crippen molar-refractivity contribution in [2.45, 2.75) is 6.54 Å². The first kappa shape index (κ1) is 12.4. The number of nitrogens with one attached hydrogen (secondary N) is 1. The molecule has 0 radical (unpaired) electrons. The number of rotatable bonds is 4. The molecule has 9 heteroatoms. The number of aromatic nitrogens is 8. The highest BCUT2D eigenvalue weighted by Crippen LogP contribution is 2.12. The second-order valence-electron chi connectivity index (χ2n) is 4.54. The van der Waals surface area contributed by atoms with Crippen LogP contribution in [0.1, 0.15) is 5.56 Å². The summed E-state index contributed by atoms with van der Waals surface area (Å²) in [5, 5.41) is 22.9. The van der Waals surface area contributed by atoms with Gasteiger partial charge in [-0.1, -0.05) is 6.07 Å². The second-order valence-corrected chi connectivity index (χ2v) is 4.54. The van der Waals surface area contributed by atoms with Crippen LogP contribution in [0.5, 0.6) is 0 Å². The Morgan fingerprint density at radius 3 is 3.00 bits per heavy atom. The van der Waals surface area contributed by atoms with Gasteiger partial charge in [-0.05, 0) is 34.7 Å². The SMILES string of the molecule is c1cnc(-n2cccn2)c(CNc2ccc3nnnn3n2)c1. The number of pyridine rings is 1.